The molecule has 1 atom stereocenters. The number of carbonyl (C=O) groups excluding carboxylic acids is 1. The minimum atomic E-state index is -0.539. The van der Waals surface area contributed by atoms with E-state index in [4.69, 9.17) is 14.2 Å². The van der Waals surface area contributed by atoms with Crippen molar-refractivity contribution in [3.05, 3.63) is 65.7 Å². The van der Waals surface area contributed by atoms with Crippen LogP contribution in [0.15, 0.2) is 54.6 Å². The molecule has 0 spiro atoms. The number of para-hydroxylation sites is 1. The van der Waals surface area contributed by atoms with Crippen molar-refractivity contribution < 1.29 is 19.0 Å². The molecule has 2 aromatic carbocycles. The van der Waals surface area contributed by atoms with Crippen molar-refractivity contribution in [1.29, 1.82) is 0 Å². The highest BCUT2D eigenvalue weighted by molar-refractivity contribution is 5.68. The van der Waals surface area contributed by atoms with E-state index in [1.54, 1.807) is 4.90 Å². The molecule has 1 aliphatic heterocycles. The first-order valence-electron chi connectivity index (χ1n) is 9.25. The van der Waals surface area contributed by atoms with E-state index in [9.17, 15) is 4.79 Å². The Morgan fingerprint density at radius 3 is 2.56 bits per heavy atom. The number of nitrogens with zero attached hydrogens (tertiary/aromatic N) is 1. The predicted molar refractivity (Wildman–Crippen MR) is 104 cm³/mol. The highest BCUT2D eigenvalue weighted by Gasteiger charge is 2.29. The lowest BCUT2D eigenvalue weighted by molar-refractivity contribution is 0.00267. The van der Waals surface area contributed by atoms with Crippen molar-refractivity contribution in [3.8, 4) is 5.75 Å². The van der Waals surface area contributed by atoms with Gasteiger partial charge in [0, 0.05) is 5.56 Å². The van der Waals surface area contributed by atoms with Gasteiger partial charge in [-0.3, -0.25) is 4.90 Å². The Balaban J connectivity index is 1.68. The average molecular weight is 369 g/mol. The van der Waals surface area contributed by atoms with Crippen molar-refractivity contribution in [2.75, 3.05) is 13.2 Å². The van der Waals surface area contributed by atoms with Crippen LogP contribution >= 0.6 is 0 Å². The van der Waals surface area contributed by atoms with Gasteiger partial charge in [-0.2, -0.15) is 0 Å². The number of benzene rings is 2. The van der Waals surface area contributed by atoms with E-state index in [1.165, 1.54) is 0 Å². The first-order chi connectivity index (χ1) is 12.9. The summed E-state index contributed by atoms with van der Waals surface area (Å²) in [6.45, 7) is 7.38. The molecule has 0 bridgehead atoms. The summed E-state index contributed by atoms with van der Waals surface area (Å²) in [6, 6.07) is 17.8. The number of fused-ring (bicyclic) bond motifs is 1. The molecule has 0 aromatic heterocycles. The summed E-state index contributed by atoms with van der Waals surface area (Å²) in [7, 11) is 0. The van der Waals surface area contributed by atoms with E-state index < -0.39 is 5.60 Å². The highest BCUT2D eigenvalue weighted by Crippen LogP contribution is 2.26. The molecule has 5 nitrogen and oxygen atoms in total. The van der Waals surface area contributed by atoms with Crippen LogP contribution in [0.3, 0.4) is 0 Å². The minimum Gasteiger partial charge on any atom is -0.486 e. The molecule has 3 rings (SSSR count). The molecule has 0 fully saturated rings. The molecular formula is C22H27NO4. The van der Waals surface area contributed by atoms with Gasteiger partial charge in [-0.05, 0) is 32.4 Å². The molecule has 1 aliphatic rings. The van der Waals surface area contributed by atoms with Gasteiger partial charge >= 0.3 is 6.09 Å². The van der Waals surface area contributed by atoms with Crippen LogP contribution in [0.5, 0.6) is 5.75 Å². The summed E-state index contributed by atoms with van der Waals surface area (Å²) in [4.78, 5) is 14.3. The van der Waals surface area contributed by atoms with E-state index in [0.717, 1.165) is 16.9 Å². The third-order valence-corrected chi connectivity index (χ3v) is 4.12. The smallest absolute Gasteiger partial charge is 0.410 e. The molecule has 0 unspecified atom stereocenters. The second kappa shape index (κ2) is 8.44. The minimum absolute atomic E-state index is 0.259. The van der Waals surface area contributed by atoms with Crippen LogP contribution in [0.1, 0.15) is 31.9 Å². The number of ether oxygens (including phenoxy) is 3. The Kier molecular flexibility index (Phi) is 6.01. The van der Waals surface area contributed by atoms with E-state index in [-0.39, 0.29) is 12.2 Å². The van der Waals surface area contributed by atoms with Gasteiger partial charge in [-0.15, -0.1) is 0 Å². The number of amides is 1. The molecule has 0 N–H and O–H groups in total. The van der Waals surface area contributed by atoms with Crippen molar-refractivity contribution in [1.82, 2.24) is 4.90 Å². The maximum absolute atomic E-state index is 12.6. The summed E-state index contributed by atoms with van der Waals surface area (Å²) < 4.78 is 17.5. The molecule has 0 saturated heterocycles. The quantitative estimate of drug-likeness (QED) is 0.801. The average Bonchev–Trinajstić information content (AvgIpc) is 2.80. The molecule has 144 valence electrons. The Bertz CT molecular complexity index is 754. The Morgan fingerprint density at radius 1 is 1.11 bits per heavy atom. The van der Waals surface area contributed by atoms with E-state index >= 15 is 0 Å². The topological polar surface area (TPSA) is 48.0 Å². The first kappa shape index (κ1) is 19.2. The number of rotatable bonds is 4. The first-order valence-corrected chi connectivity index (χ1v) is 9.25. The number of hydrogen-bond donors (Lipinski definition) is 0. The second-order valence-electron chi connectivity index (χ2n) is 7.71. The molecule has 1 amide bonds. The normalized spacial score (nSPS) is 16.9. The van der Waals surface area contributed by atoms with Gasteiger partial charge < -0.3 is 14.2 Å². The fourth-order valence-electron chi connectivity index (χ4n) is 2.92. The third kappa shape index (κ3) is 5.73. The molecule has 0 aliphatic carbocycles. The monoisotopic (exact) mass is 369 g/mol. The Labute approximate surface area is 160 Å². The molecule has 0 radical (unpaired) electrons. The predicted octanol–water partition coefficient (Wildman–Crippen LogP) is 4.40. The van der Waals surface area contributed by atoms with Gasteiger partial charge in [-0.25, -0.2) is 4.79 Å². The van der Waals surface area contributed by atoms with Gasteiger partial charge in [0.05, 0.1) is 26.3 Å². The highest BCUT2D eigenvalue weighted by atomic mass is 16.6. The lowest BCUT2D eigenvalue weighted by Gasteiger charge is -2.28. The summed E-state index contributed by atoms with van der Waals surface area (Å²) in [5.41, 5.74) is 1.53. The fraction of sp³-hybridized carbons (Fsp3) is 0.409. The zero-order valence-electron chi connectivity index (χ0n) is 16.2. The zero-order valence-corrected chi connectivity index (χ0v) is 16.2. The van der Waals surface area contributed by atoms with E-state index in [2.05, 4.69) is 0 Å². The van der Waals surface area contributed by atoms with Crippen LogP contribution < -0.4 is 4.74 Å². The summed E-state index contributed by atoms with van der Waals surface area (Å²) in [5, 5.41) is 0. The molecule has 2 aromatic rings. The van der Waals surface area contributed by atoms with Crippen LogP contribution in [0.25, 0.3) is 0 Å². The fourth-order valence-corrected chi connectivity index (χ4v) is 2.92. The summed E-state index contributed by atoms with van der Waals surface area (Å²) in [6.07, 6.45) is -0.597. The maximum atomic E-state index is 12.6. The molecule has 5 heteroatoms. The van der Waals surface area contributed by atoms with Crippen molar-refractivity contribution in [2.45, 2.75) is 45.6 Å². The van der Waals surface area contributed by atoms with Gasteiger partial charge in [0.2, 0.25) is 0 Å². The van der Waals surface area contributed by atoms with E-state index in [0.29, 0.717) is 26.3 Å². The third-order valence-electron chi connectivity index (χ3n) is 4.12. The zero-order chi connectivity index (χ0) is 19.3. The molecule has 0 saturated carbocycles. The van der Waals surface area contributed by atoms with Gasteiger partial charge in [0.15, 0.2) is 0 Å². The van der Waals surface area contributed by atoms with Crippen LogP contribution in [-0.2, 0) is 22.6 Å². The van der Waals surface area contributed by atoms with E-state index in [1.807, 2.05) is 75.4 Å². The largest absolute Gasteiger partial charge is 0.486 e. The lowest BCUT2D eigenvalue weighted by Crippen LogP contribution is -2.42. The molecule has 1 heterocycles. The van der Waals surface area contributed by atoms with Crippen LogP contribution in [0.2, 0.25) is 0 Å². The van der Waals surface area contributed by atoms with Gasteiger partial charge in [0.1, 0.15) is 17.5 Å². The van der Waals surface area contributed by atoms with Crippen molar-refractivity contribution in [2.24, 2.45) is 0 Å². The maximum Gasteiger partial charge on any atom is 0.410 e. The molecular weight excluding hydrogens is 342 g/mol. The van der Waals surface area contributed by atoms with Gasteiger partial charge in [0.25, 0.3) is 0 Å². The standard InChI is InChI=1S/C22H27NO4/c1-22(2,3)27-21(24)23-13-18-11-7-8-12-20(18)26-19(14-23)16-25-15-17-9-5-4-6-10-17/h4-12,19H,13-16H2,1-3H3/t19-/m0/s1. The Hall–Kier alpha value is -2.53. The van der Waals surface area contributed by atoms with Crippen molar-refractivity contribution >= 4 is 6.09 Å². The van der Waals surface area contributed by atoms with Gasteiger partial charge in [-0.1, -0.05) is 48.5 Å². The number of carbonyl (C=O) groups is 1. The lowest BCUT2D eigenvalue weighted by atomic mass is 10.2. The SMILES string of the molecule is CC(C)(C)OC(=O)N1Cc2ccccc2O[C@H](COCc2ccccc2)C1. The van der Waals surface area contributed by atoms with Crippen LogP contribution in [0, 0.1) is 0 Å². The van der Waals surface area contributed by atoms with Crippen molar-refractivity contribution in [3.63, 3.8) is 0 Å². The summed E-state index contributed by atoms with van der Waals surface area (Å²) in [5.74, 6) is 0.789. The molecule has 27 heavy (non-hydrogen) atoms. The second-order valence-corrected chi connectivity index (χ2v) is 7.71. The van der Waals surface area contributed by atoms with Crippen LogP contribution in [0.4, 0.5) is 4.79 Å². The Morgan fingerprint density at radius 2 is 1.81 bits per heavy atom. The van der Waals surface area contributed by atoms with Crippen LogP contribution in [-0.4, -0.2) is 35.8 Å². The number of hydrogen-bond acceptors (Lipinski definition) is 4. The summed E-state index contributed by atoms with van der Waals surface area (Å²) >= 11 is 0.